The summed E-state index contributed by atoms with van der Waals surface area (Å²) in [5, 5.41) is 11.9. The molecule has 26 heavy (non-hydrogen) atoms. The number of carboxylic acid groups (broad SMARTS) is 1. The number of hydrogen-bond donors (Lipinski definition) is 1. The molecule has 2 unspecified atom stereocenters. The van der Waals surface area contributed by atoms with Gasteiger partial charge in [-0.1, -0.05) is 42.5 Å². The van der Waals surface area contributed by atoms with E-state index in [-0.39, 0.29) is 29.6 Å². The maximum Gasteiger partial charge on any atom is 0.308 e. The number of hydrogen-bond acceptors (Lipinski definition) is 2. The Kier molecular flexibility index (Phi) is 3.56. The van der Waals surface area contributed by atoms with E-state index >= 15 is 0 Å². The second kappa shape index (κ2) is 5.83. The van der Waals surface area contributed by atoms with E-state index in [1.807, 2.05) is 17.0 Å². The summed E-state index contributed by atoms with van der Waals surface area (Å²) in [6.07, 6.45) is 3.14. The SMILES string of the molecule is O=C(O)[C@H]1CN(C(=O)C2CC2c2ccc3ccccc3c2)C[C@@H]1C1CC1. The number of benzene rings is 2. The van der Waals surface area contributed by atoms with Crippen LogP contribution in [0, 0.1) is 23.7 Å². The van der Waals surface area contributed by atoms with Gasteiger partial charge in [0.2, 0.25) is 5.91 Å². The van der Waals surface area contributed by atoms with Crippen molar-refractivity contribution in [3.05, 3.63) is 48.0 Å². The molecule has 2 aliphatic carbocycles. The minimum atomic E-state index is -0.737. The van der Waals surface area contributed by atoms with Crippen LogP contribution in [0.15, 0.2) is 42.5 Å². The van der Waals surface area contributed by atoms with Crippen molar-refractivity contribution in [2.75, 3.05) is 13.1 Å². The van der Waals surface area contributed by atoms with Gasteiger partial charge < -0.3 is 10.0 Å². The molecule has 2 aromatic carbocycles. The van der Waals surface area contributed by atoms with Gasteiger partial charge in [0.05, 0.1) is 5.92 Å². The van der Waals surface area contributed by atoms with Crippen LogP contribution in [0.25, 0.3) is 10.8 Å². The largest absolute Gasteiger partial charge is 0.481 e. The third kappa shape index (κ3) is 2.68. The molecule has 3 aliphatic rings. The monoisotopic (exact) mass is 349 g/mol. The summed E-state index contributed by atoms with van der Waals surface area (Å²) in [6.45, 7) is 1.04. The third-order valence-corrected chi connectivity index (χ3v) is 6.53. The van der Waals surface area contributed by atoms with Crippen LogP contribution in [0.2, 0.25) is 0 Å². The van der Waals surface area contributed by atoms with Crippen LogP contribution in [0.5, 0.6) is 0 Å². The fourth-order valence-corrected chi connectivity index (χ4v) is 4.78. The lowest BCUT2D eigenvalue weighted by Gasteiger charge is -2.16. The van der Waals surface area contributed by atoms with E-state index < -0.39 is 5.97 Å². The Hall–Kier alpha value is -2.36. The van der Waals surface area contributed by atoms with E-state index in [9.17, 15) is 14.7 Å². The molecule has 2 saturated carbocycles. The molecule has 4 atom stereocenters. The van der Waals surface area contributed by atoms with Crippen molar-refractivity contribution >= 4 is 22.6 Å². The zero-order valence-electron chi connectivity index (χ0n) is 14.7. The summed E-state index contributed by atoms with van der Waals surface area (Å²) in [5.41, 5.74) is 1.23. The zero-order valence-corrected chi connectivity index (χ0v) is 14.7. The molecule has 2 aromatic rings. The van der Waals surface area contributed by atoms with Crippen LogP contribution in [0.4, 0.5) is 0 Å². The number of nitrogens with zero attached hydrogens (tertiary/aromatic N) is 1. The van der Waals surface area contributed by atoms with Gasteiger partial charge in [0.1, 0.15) is 0 Å². The topological polar surface area (TPSA) is 57.6 Å². The highest BCUT2D eigenvalue weighted by molar-refractivity contribution is 5.86. The number of amides is 1. The molecular weight excluding hydrogens is 326 g/mol. The number of likely N-dealkylation sites (tertiary alicyclic amines) is 1. The predicted octanol–water partition coefficient (Wildman–Crippen LogP) is 3.51. The van der Waals surface area contributed by atoms with E-state index in [1.165, 1.54) is 16.3 Å². The molecule has 0 bridgehead atoms. The summed E-state index contributed by atoms with van der Waals surface area (Å²) in [7, 11) is 0. The lowest BCUT2D eigenvalue weighted by molar-refractivity contribution is -0.142. The van der Waals surface area contributed by atoms with Crippen LogP contribution >= 0.6 is 0 Å². The lowest BCUT2D eigenvalue weighted by atomic mass is 9.92. The van der Waals surface area contributed by atoms with Gasteiger partial charge in [-0.3, -0.25) is 9.59 Å². The van der Waals surface area contributed by atoms with Crippen molar-refractivity contribution in [3.8, 4) is 0 Å². The number of fused-ring (bicyclic) bond motifs is 1. The van der Waals surface area contributed by atoms with Crippen LogP contribution < -0.4 is 0 Å². The molecule has 0 aromatic heterocycles. The summed E-state index contributed by atoms with van der Waals surface area (Å²) < 4.78 is 0. The third-order valence-electron chi connectivity index (χ3n) is 6.53. The van der Waals surface area contributed by atoms with Gasteiger partial charge in [-0.15, -0.1) is 0 Å². The Bertz CT molecular complexity index is 888. The van der Waals surface area contributed by atoms with Gasteiger partial charge in [-0.25, -0.2) is 0 Å². The average molecular weight is 349 g/mol. The summed E-state index contributed by atoms with van der Waals surface area (Å²) in [4.78, 5) is 26.4. The van der Waals surface area contributed by atoms with E-state index in [1.54, 1.807) is 0 Å². The molecule has 1 saturated heterocycles. The van der Waals surface area contributed by atoms with Crippen LogP contribution in [0.1, 0.15) is 30.7 Å². The Balaban J connectivity index is 1.30. The number of rotatable bonds is 4. The number of carboxylic acids is 1. The molecule has 4 heteroatoms. The van der Waals surface area contributed by atoms with E-state index in [0.29, 0.717) is 19.0 Å². The van der Waals surface area contributed by atoms with Crippen molar-refractivity contribution in [2.45, 2.75) is 25.2 Å². The van der Waals surface area contributed by atoms with Crippen molar-refractivity contribution in [1.29, 1.82) is 0 Å². The molecule has 3 fully saturated rings. The van der Waals surface area contributed by atoms with Gasteiger partial charge in [0.25, 0.3) is 0 Å². The van der Waals surface area contributed by atoms with Gasteiger partial charge in [0.15, 0.2) is 0 Å². The van der Waals surface area contributed by atoms with E-state index in [0.717, 1.165) is 19.3 Å². The Morgan fingerprint density at radius 2 is 1.73 bits per heavy atom. The molecule has 1 aliphatic heterocycles. The fraction of sp³-hybridized carbons (Fsp3) is 0.455. The molecule has 0 radical (unpaired) electrons. The first-order valence-corrected chi connectivity index (χ1v) is 9.62. The van der Waals surface area contributed by atoms with E-state index in [2.05, 4.69) is 30.3 Å². The number of aliphatic carboxylic acids is 1. The first-order valence-electron chi connectivity index (χ1n) is 9.62. The Labute approximate surface area is 152 Å². The predicted molar refractivity (Wildman–Crippen MR) is 98.7 cm³/mol. The Morgan fingerprint density at radius 3 is 2.46 bits per heavy atom. The summed E-state index contributed by atoms with van der Waals surface area (Å²) >= 11 is 0. The average Bonchev–Trinajstić information content (AvgIpc) is 3.57. The maximum atomic E-state index is 12.9. The van der Waals surface area contributed by atoms with Crippen molar-refractivity contribution in [3.63, 3.8) is 0 Å². The van der Waals surface area contributed by atoms with Crippen molar-refractivity contribution < 1.29 is 14.7 Å². The van der Waals surface area contributed by atoms with E-state index in [4.69, 9.17) is 0 Å². The lowest BCUT2D eigenvalue weighted by Crippen LogP contribution is -2.31. The summed E-state index contributed by atoms with van der Waals surface area (Å²) in [5.74, 6) is 0.0542. The van der Waals surface area contributed by atoms with Crippen LogP contribution in [-0.2, 0) is 9.59 Å². The standard InChI is InChI=1S/C22H23NO3/c24-21(23-11-19(14-6-7-14)20(12-23)22(25)26)18-10-17(18)16-8-5-13-3-1-2-4-15(13)9-16/h1-5,8-9,14,17-20H,6-7,10-12H2,(H,25,26)/t17?,18?,19-,20+/m1/s1. The molecular formula is C22H23NO3. The van der Waals surface area contributed by atoms with Gasteiger partial charge in [0, 0.05) is 19.0 Å². The van der Waals surface area contributed by atoms with Crippen LogP contribution in [0.3, 0.4) is 0 Å². The number of carbonyl (C=O) groups excluding carboxylic acids is 1. The molecule has 1 heterocycles. The highest BCUT2D eigenvalue weighted by atomic mass is 16.4. The maximum absolute atomic E-state index is 12.9. The highest BCUT2D eigenvalue weighted by Crippen LogP contribution is 2.51. The fourth-order valence-electron chi connectivity index (χ4n) is 4.78. The molecule has 134 valence electrons. The molecule has 4 nitrogen and oxygen atoms in total. The Morgan fingerprint density at radius 1 is 0.962 bits per heavy atom. The van der Waals surface area contributed by atoms with Gasteiger partial charge in [-0.05, 0) is 53.4 Å². The first-order chi connectivity index (χ1) is 12.6. The van der Waals surface area contributed by atoms with Crippen molar-refractivity contribution in [2.24, 2.45) is 23.7 Å². The first kappa shape index (κ1) is 15.9. The molecule has 0 spiro atoms. The smallest absolute Gasteiger partial charge is 0.308 e. The second-order valence-electron chi connectivity index (χ2n) is 8.24. The van der Waals surface area contributed by atoms with Crippen LogP contribution in [-0.4, -0.2) is 35.0 Å². The molecule has 1 amide bonds. The van der Waals surface area contributed by atoms with Gasteiger partial charge in [-0.2, -0.15) is 0 Å². The normalized spacial score (nSPS) is 30.5. The minimum absolute atomic E-state index is 0.0311. The number of carbonyl (C=O) groups is 2. The molecule has 1 N–H and O–H groups in total. The molecule has 5 rings (SSSR count). The second-order valence-corrected chi connectivity index (χ2v) is 8.24. The minimum Gasteiger partial charge on any atom is -0.481 e. The van der Waals surface area contributed by atoms with Gasteiger partial charge >= 0.3 is 5.97 Å². The quantitative estimate of drug-likeness (QED) is 0.919. The highest BCUT2D eigenvalue weighted by Gasteiger charge is 2.51. The zero-order chi connectivity index (χ0) is 17.8. The summed E-state index contributed by atoms with van der Waals surface area (Å²) in [6, 6.07) is 14.7. The van der Waals surface area contributed by atoms with Crippen molar-refractivity contribution in [1.82, 2.24) is 4.90 Å².